The molecule has 0 fully saturated rings. The van der Waals surface area contributed by atoms with Crippen molar-refractivity contribution in [2.45, 2.75) is 12.6 Å². The van der Waals surface area contributed by atoms with Crippen LogP contribution in [0.3, 0.4) is 0 Å². The van der Waals surface area contributed by atoms with Gasteiger partial charge in [-0.1, -0.05) is 60.7 Å². The Hall–Kier alpha value is -4.13. The standard InChI is InChI=1S/C23H22N4O3/c24-23(30)25-15-16-11-13-18(14-12-16)21(28)27-20(17-7-3-1-4-8-17)22(29)26-19-9-5-2-6-10-19/h1-14,20H,15H2,(H,26,29)(H,27,28)(H3,24,25,30). The fourth-order valence-corrected chi connectivity index (χ4v) is 2.86. The third kappa shape index (κ3) is 5.68. The molecule has 30 heavy (non-hydrogen) atoms. The summed E-state index contributed by atoms with van der Waals surface area (Å²) in [6, 6.07) is 23.3. The summed E-state index contributed by atoms with van der Waals surface area (Å²) in [7, 11) is 0. The number of hydrogen-bond donors (Lipinski definition) is 4. The molecule has 7 heteroatoms. The summed E-state index contributed by atoms with van der Waals surface area (Å²) >= 11 is 0. The van der Waals surface area contributed by atoms with Crippen LogP contribution in [0.2, 0.25) is 0 Å². The molecule has 0 spiro atoms. The average Bonchev–Trinajstić information content (AvgIpc) is 2.77. The SMILES string of the molecule is NC(=O)NCc1ccc(C(=O)NC(C(=O)Nc2ccccc2)c2ccccc2)cc1. The number of hydrogen-bond acceptors (Lipinski definition) is 3. The number of amides is 4. The monoisotopic (exact) mass is 402 g/mol. The van der Waals surface area contributed by atoms with Crippen LogP contribution >= 0.6 is 0 Å². The van der Waals surface area contributed by atoms with Crippen molar-refractivity contribution < 1.29 is 14.4 Å². The minimum atomic E-state index is -0.866. The van der Waals surface area contributed by atoms with Crippen LogP contribution in [0, 0.1) is 0 Å². The number of benzene rings is 3. The highest BCUT2D eigenvalue weighted by molar-refractivity contribution is 6.01. The summed E-state index contributed by atoms with van der Waals surface area (Å²) < 4.78 is 0. The van der Waals surface area contributed by atoms with Gasteiger partial charge in [-0.25, -0.2) is 4.79 Å². The van der Waals surface area contributed by atoms with Crippen LogP contribution in [0.1, 0.15) is 27.5 Å². The van der Waals surface area contributed by atoms with Crippen molar-refractivity contribution in [3.63, 3.8) is 0 Å². The topological polar surface area (TPSA) is 113 Å². The van der Waals surface area contributed by atoms with Crippen molar-refractivity contribution in [1.29, 1.82) is 0 Å². The number of carbonyl (C=O) groups excluding carboxylic acids is 3. The maximum atomic E-state index is 12.9. The van der Waals surface area contributed by atoms with Gasteiger partial charge in [0.25, 0.3) is 11.8 Å². The Morgan fingerprint density at radius 2 is 1.40 bits per heavy atom. The van der Waals surface area contributed by atoms with Crippen LogP contribution in [-0.4, -0.2) is 17.8 Å². The molecule has 3 rings (SSSR count). The molecule has 5 N–H and O–H groups in total. The molecule has 0 saturated carbocycles. The summed E-state index contributed by atoms with van der Waals surface area (Å²) in [6.45, 7) is 0.267. The number of nitrogens with two attached hydrogens (primary N) is 1. The largest absolute Gasteiger partial charge is 0.352 e. The Kier molecular flexibility index (Phi) is 6.78. The van der Waals surface area contributed by atoms with Gasteiger partial charge in [0.15, 0.2) is 0 Å². The molecular weight excluding hydrogens is 380 g/mol. The first-order valence-electron chi connectivity index (χ1n) is 9.37. The van der Waals surface area contributed by atoms with Gasteiger partial charge in [0.05, 0.1) is 0 Å². The van der Waals surface area contributed by atoms with Crippen molar-refractivity contribution in [2.24, 2.45) is 5.73 Å². The van der Waals surface area contributed by atoms with Crippen molar-refractivity contribution >= 4 is 23.5 Å². The second kappa shape index (κ2) is 9.88. The normalized spacial score (nSPS) is 11.2. The molecule has 7 nitrogen and oxygen atoms in total. The molecule has 152 valence electrons. The van der Waals surface area contributed by atoms with E-state index in [0.29, 0.717) is 16.8 Å². The summed E-state index contributed by atoms with van der Waals surface area (Å²) in [5.74, 6) is -0.732. The summed E-state index contributed by atoms with van der Waals surface area (Å²) in [5.41, 5.74) is 7.56. The lowest BCUT2D eigenvalue weighted by Gasteiger charge is -2.19. The lowest BCUT2D eigenvalue weighted by Crippen LogP contribution is -2.37. The van der Waals surface area contributed by atoms with Gasteiger partial charge < -0.3 is 21.7 Å². The average molecular weight is 402 g/mol. The fraction of sp³-hybridized carbons (Fsp3) is 0.0870. The summed E-state index contributed by atoms with van der Waals surface area (Å²) in [5, 5.41) is 8.11. The van der Waals surface area contributed by atoms with Gasteiger partial charge in [-0.05, 0) is 35.4 Å². The van der Waals surface area contributed by atoms with E-state index in [1.165, 1.54) is 0 Å². The van der Waals surface area contributed by atoms with E-state index in [0.717, 1.165) is 5.56 Å². The first-order valence-corrected chi connectivity index (χ1v) is 9.37. The number of anilines is 1. The molecule has 0 aliphatic heterocycles. The predicted molar refractivity (Wildman–Crippen MR) is 115 cm³/mol. The highest BCUT2D eigenvalue weighted by atomic mass is 16.2. The van der Waals surface area contributed by atoms with E-state index in [9.17, 15) is 14.4 Å². The van der Waals surface area contributed by atoms with Crippen LogP contribution in [0.15, 0.2) is 84.9 Å². The molecule has 0 saturated heterocycles. The van der Waals surface area contributed by atoms with E-state index in [2.05, 4.69) is 16.0 Å². The highest BCUT2D eigenvalue weighted by Crippen LogP contribution is 2.17. The Labute approximate surface area is 174 Å². The van der Waals surface area contributed by atoms with Crippen molar-refractivity contribution in [2.75, 3.05) is 5.32 Å². The minimum absolute atomic E-state index is 0.267. The third-order valence-electron chi connectivity index (χ3n) is 4.39. The summed E-state index contributed by atoms with van der Waals surface area (Å²) in [4.78, 5) is 36.5. The zero-order chi connectivity index (χ0) is 21.3. The van der Waals surface area contributed by atoms with Crippen LogP contribution in [-0.2, 0) is 11.3 Å². The molecule has 1 unspecified atom stereocenters. The molecule has 0 aliphatic rings. The van der Waals surface area contributed by atoms with Crippen LogP contribution < -0.4 is 21.7 Å². The number of carbonyl (C=O) groups is 3. The van der Waals surface area contributed by atoms with Crippen LogP contribution in [0.25, 0.3) is 0 Å². The molecule has 3 aromatic rings. The first kappa shape index (κ1) is 20.6. The molecular formula is C23H22N4O3. The van der Waals surface area contributed by atoms with Crippen molar-refractivity contribution in [3.8, 4) is 0 Å². The van der Waals surface area contributed by atoms with Crippen molar-refractivity contribution in [1.82, 2.24) is 10.6 Å². The van der Waals surface area contributed by atoms with E-state index in [-0.39, 0.29) is 18.4 Å². The third-order valence-corrected chi connectivity index (χ3v) is 4.39. The predicted octanol–water partition coefficient (Wildman–Crippen LogP) is 2.96. The van der Waals surface area contributed by atoms with Gasteiger partial charge in [-0.3, -0.25) is 9.59 Å². The second-order valence-electron chi connectivity index (χ2n) is 6.59. The fourth-order valence-electron chi connectivity index (χ4n) is 2.86. The second-order valence-corrected chi connectivity index (χ2v) is 6.59. The van der Waals surface area contributed by atoms with Gasteiger partial charge in [-0.15, -0.1) is 0 Å². The van der Waals surface area contributed by atoms with Gasteiger partial charge in [0, 0.05) is 17.8 Å². The maximum Gasteiger partial charge on any atom is 0.312 e. The smallest absolute Gasteiger partial charge is 0.312 e. The number of rotatable bonds is 7. The number of nitrogens with one attached hydrogen (secondary N) is 3. The first-order chi connectivity index (χ1) is 14.5. The Balaban J connectivity index is 1.75. The van der Waals surface area contributed by atoms with Crippen LogP contribution in [0.5, 0.6) is 0 Å². The molecule has 1 atom stereocenters. The Morgan fingerprint density at radius 3 is 2.00 bits per heavy atom. The molecule has 0 aromatic heterocycles. The summed E-state index contributed by atoms with van der Waals surface area (Å²) in [6.07, 6.45) is 0. The molecule has 0 bridgehead atoms. The lowest BCUT2D eigenvalue weighted by molar-refractivity contribution is -0.118. The minimum Gasteiger partial charge on any atom is -0.352 e. The number of para-hydroxylation sites is 1. The molecule has 3 aromatic carbocycles. The molecule has 4 amide bonds. The van der Waals surface area contributed by atoms with E-state index >= 15 is 0 Å². The maximum absolute atomic E-state index is 12.9. The quantitative estimate of drug-likeness (QED) is 0.487. The highest BCUT2D eigenvalue weighted by Gasteiger charge is 2.23. The Morgan fingerprint density at radius 1 is 0.800 bits per heavy atom. The van der Waals surface area contributed by atoms with E-state index < -0.39 is 12.1 Å². The number of primary amides is 1. The van der Waals surface area contributed by atoms with E-state index in [1.54, 1.807) is 48.5 Å². The molecule has 0 heterocycles. The van der Waals surface area contributed by atoms with Gasteiger partial charge in [0.1, 0.15) is 6.04 Å². The molecule has 0 aliphatic carbocycles. The van der Waals surface area contributed by atoms with E-state index in [4.69, 9.17) is 5.73 Å². The zero-order valence-electron chi connectivity index (χ0n) is 16.2. The number of urea groups is 1. The molecule has 0 radical (unpaired) electrons. The van der Waals surface area contributed by atoms with Gasteiger partial charge in [-0.2, -0.15) is 0 Å². The van der Waals surface area contributed by atoms with Crippen LogP contribution in [0.4, 0.5) is 10.5 Å². The van der Waals surface area contributed by atoms with Gasteiger partial charge in [0.2, 0.25) is 0 Å². The Bertz CT molecular complexity index is 1010. The zero-order valence-corrected chi connectivity index (χ0v) is 16.2. The van der Waals surface area contributed by atoms with Gasteiger partial charge >= 0.3 is 6.03 Å². The van der Waals surface area contributed by atoms with E-state index in [1.807, 2.05) is 36.4 Å². The lowest BCUT2D eigenvalue weighted by atomic mass is 10.0. The van der Waals surface area contributed by atoms with Crippen molar-refractivity contribution in [3.05, 3.63) is 102 Å².